The van der Waals surface area contributed by atoms with E-state index in [9.17, 15) is 0 Å². The highest BCUT2D eigenvalue weighted by Crippen LogP contribution is 2.60. The molecule has 2 aromatic heterocycles. The van der Waals surface area contributed by atoms with Gasteiger partial charge in [-0.05, 0) is 129 Å². The minimum absolute atomic E-state index is 0.594. The van der Waals surface area contributed by atoms with Crippen LogP contribution in [0, 0.1) is 12.1 Å². The number of anilines is 2. The van der Waals surface area contributed by atoms with Crippen LogP contribution in [0.4, 0.5) is 11.4 Å². The standard InChI is InChI=1S/C68H43NO2/c1-4-21-44(22-5-1)67(45-23-6-2-7-24-45)57-33-15-10-29-51(57)52-40-39-47(42-60(52)67)69(62-36-20-32-55-53-30-13-18-37-63(53)71-66(55)62)48-41-56-54-31-14-19-38-64(54)70-65(56)61(43-48)68(46-25-8-3-9-26-46)58-34-16-11-27-49(58)50-28-12-17-35-59(50)68/h1-2,4-8,10-19,21-35,37-43H,20,36H2. The molecule has 0 fully saturated rings. The van der Waals surface area contributed by atoms with Crippen LogP contribution >= 0.6 is 0 Å². The molecule has 3 nitrogen and oxygen atoms in total. The molecule has 3 heteroatoms. The van der Waals surface area contributed by atoms with Crippen LogP contribution in [0.25, 0.3) is 66.9 Å². The Morgan fingerprint density at radius 1 is 0.408 bits per heavy atom. The van der Waals surface area contributed by atoms with Gasteiger partial charge < -0.3 is 13.7 Å². The van der Waals surface area contributed by atoms with Gasteiger partial charge in [-0.2, -0.15) is 0 Å². The Labute approximate surface area is 411 Å². The minimum atomic E-state index is -0.780. The molecule has 0 amide bonds. The second-order valence-electron chi connectivity index (χ2n) is 19.2. The normalized spacial score (nSPS) is 14.6. The van der Waals surface area contributed by atoms with Gasteiger partial charge in [0, 0.05) is 38.3 Å². The Balaban J connectivity index is 1.10. The summed E-state index contributed by atoms with van der Waals surface area (Å²) < 4.78 is 14.3. The number of benzene rings is 9. The summed E-state index contributed by atoms with van der Waals surface area (Å²) in [5, 5.41) is 4.39. The van der Waals surface area contributed by atoms with Crippen LogP contribution in [0.1, 0.15) is 57.3 Å². The van der Waals surface area contributed by atoms with E-state index in [4.69, 9.17) is 8.83 Å². The third-order valence-corrected chi connectivity index (χ3v) is 15.8. The van der Waals surface area contributed by atoms with Gasteiger partial charge in [-0.15, -0.1) is 0 Å². The van der Waals surface area contributed by atoms with Gasteiger partial charge in [0.15, 0.2) is 5.42 Å². The van der Waals surface area contributed by atoms with E-state index in [-0.39, 0.29) is 0 Å². The Morgan fingerprint density at radius 3 is 1.63 bits per heavy atom. The summed E-state index contributed by atoms with van der Waals surface area (Å²) in [6.07, 6.45) is 3.99. The summed E-state index contributed by atoms with van der Waals surface area (Å²) in [5.74, 6) is 0. The van der Waals surface area contributed by atoms with Gasteiger partial charge >= 0.3 is 0 Å². The van der Waals surface area contributed by atoms with Crippen molar-refractivity contribution >= 4 is 56.1 Å². The third kappa shape index (κ3) is 5.45. The quantitative estimate of drug-likeness (QED) is 0.160. The van der Waals surface area contributed by atoms with E-state index in [1.165, 1.54) is 55.6 Å². The third-order valence-electron chi connectivity index (χ3n) is 15.8. The fraction of sp³-hybridized carbons (Fsp3) is 0.0588. The zero-order valence-corrected chi connectivity index (χ0v) is 38.7. The maximum absolute atomic E-state index is 7.21. The minimum Gasteiger partial charge on any atom is -0.456 e. The van der Waals surface area contributed by atoms with E-state index in [1.54, 1.807) is 0 Å². The van der Waals surface area contributed by atoms with Gasteiger partial charge in [-0.3, -0.25) is 0 Å². The Morgan fingerprint density at radius 2 is 0.972 bits per heavy atom. The lowest BCUT2D eigenvalue weighted by atomic mass is 9.67. The molecule has 0 radical (unpaired) electrons. The van der Waals surface area contributed by atoms with Crippen LogP contribution in [0.5, 0.6) is 0 Å². The van der Waals surface area contributed by atoms with E-state index >= 15 is 0 Å². The maximum Gasteiger partial charge on any atom is 0.154 e. The van der Waals surface area contributed by atoms with Crippen molar-refractivity contribution in [1.82, 2.24) is 0 Å². The zero-order valence-electron chi connectivity index (χ0n) is 38.7. The van der Waals surface area contributed by atoms with Crippen LogP contribution in [0.3, 0.4) is 0 Å². The topological polar surface area (TPSA) is 29.5 Å². The molecule has 0 N–H and O–H groups in total. The van der Waals surface area contributed by atoms with Crippen molar-refractivity contribution in [3.8, 4) is 22.3 Å². The molecule has 0 aliphatic heterocycles. The van der Waals surface area contributed by atoms with Crippen molar-refractivity contribution in [1.29, 1.82) is 0 Å². The Hall–Kier alpha value is -9.10. The Bertz CT molecular complexity index is 4150. The number of hydrogen-bond acceptors (Lipinski definition) is 3. The summed E-state index contributed by atoms with van der Waals surface area (Å²) in [7, 11) is 0. The van der Waals surface area contributed by atoms with E-state index in [2.05, 4.69) is 248 Å². The molecule has 0 saturated heterocycles. The van der Waals surface area contributed by atoms with Crippen LogP contribution < -0.4 is 15.5 Å². The molecule has 3 aliphatic carbocycles. The number of para-hydroxylation sites is 2. The van der Waals surface area contributed by atoms with Gasteiger partial charge in [0.1, 0.15) is 16.7 Å². The first-order chi connectivity index (χ1) is 35.2. The average Bonchev–Trinajstić information content (AvgIpc) is 4.18. The number of nitrogens with zero attached hydrogens (tertiary/aromatic N) is 1. The molecular weight excluding hydrogens is 863 g/mol. The number of furan rings is 2. The summed E-state index contributed by atoms with van der Waals surface area (Å²) in [4.78, 5) is 2.52. The molecule has 10 aromatic carbocycles. The predicted octanol–water partition coefficient (Wildman–Crippen LogP) is 15.2. The van der Waals surface area contributed by atoms with Crippen LogP contribution in [-0.2, 0) is 10.8 Å². The van der Waals surface area contributed by atoms with Crippen LogP contribution in [0.15, 0.2) is 239 Å². The lowest BCUT2D eigenvalue weighted by Gasteiger charge is -2.36. The molecule has 15 rings (SSSR count). The number of rotatable bonds is 7. The molecule has 2 heterocycles. The van der Waals surface area contributed by atoms with Gasteiger partial charge in [-0.1, -0.05) is 194 Å². The SMILES string of the molecule is c1ccc(C2(c3cc(N(C4=c5oc6ccccc6c5=CCC4)c4ccc5c(c4)C(c4ccccc4)(c4ccccc4)c4ccccc4-5)cc4c3oc3ccccc34)c3ccccc3-c3ccccc32)cc#1. The summed E-state index contributed by atoms with van der Waals surface area (Å²) in [6.45, 7) is 0. The molecule has 0 spiro atoms. The van der Waals surface area contributed by atoms with Crippen LogP contribution in [-0.4, -0.2) is 0 Å². The highest BCUT2D eigenvalue weighted by atomic mass is 16.3. The van der Waals surface area contributed by atoms with E-state index in [0.717, 1.165) is 84.6 Å². The monoisotopic (exact) mass is 905 g/mol. The molecular formula is C68H43NO2. The van der Waals surface area contributed by atoms with Crippen molar-refractivity contribution in [2.45, 2.75) is 23.7 Å². The van der Waals surface area contributed by atoms with Gasteiger partial charge in [0.25, 0.3) is 0 Å². The van der Waals surface area contributed by atoms with E-state index in [1.807, 2.05) is 6.07 Å². The van der Waals surface area contributed by atoms with Crippen molar-refractivity contribution in [3.05, 3.63) is 298 Å². The highest BCUT2D eigenvalue weighted by Gasteiger charge is 2.49. The number of fused-ring (bicyclic) bond motifs is 12. The molecule has 0 bridgehead atoms. The second kappa shape index (κ2) is 15.2. The first-order valence-corrected chi connectivity index (χ1v) is 24.6. The lowest BCUT2D eigenvalue weighted by molar-refractivity contribution is 0.566. The second-order valence-corrected chi connectivity index (χ2v) is 19.2. The fourth-order valence-electron chi connectivity index (χ4n) is 13.0. The van der Waals surface area contributed by atoms with Crippen LogP contribution in [0.2, 0.25) is 0 Å². The van der Waals surface area contributed by atoms with Gasteiger partial charge in [0.2, 0.25) is 0 Å². The smallest absolute Gasteiger partial charge is 0.154 e. The zero-order chi connectivity index (χ0) is 46.7. The summed E-state index contributed by atoms with van der Waals surface area (Å²) in [5.41, 5.74) is 19.8. The fourth-order valence-corrected chi connectivity index (χ4v) is 13.0. The van der Waals surface area contributed by atoms with Gasteiger partial charge in [0.05, 0.1) is 16.5 Å². The van der Waals surface area contributed by atoms with Crippen molar-refractivity contribution < 1.29 is 8.83 Å². The molecule has 71 heavy (non-hydrogen) atoms. The largest absolute Gasteiger partial charge is 0.456 e. The first kappa shape index (κ1) is 39.9. The molecule has 0 atom stereocenters. The molecule has 0 saturated carbocycles. The molecule has 332 valence electrons. The molecule has 0 unspecified atom stereocenters. The molecule has 3 aliphatic rings. The maximum atomic E-state index is 7.21. The van der Waals surface area contributed by atoms with E-state index < -0.39 is 10.8 Å². The summed E-state index contributed by atoms with van der Waals surface area (Å²) in [6, 6.07) is 90.9. The predicted molar refractivity (Wildman–Crippen MR) is 287 cm³/mol. The highest BCUT2D eigenvalue weighted by molar-refractivity contribution is 6.09. The van der Waals surface area contributed by atoms with Gasteiger partial charge in [-0.25, -0.2) is 0 Å². The first-order valence-electron chi connectivity index (χ1n) is 24.6. The Kier molecular flexibility index (Phi) is 8.53. The average molecular weight is 906 g/mol. The molecule has 12 aromatic rings. The van der Waals surface area contributed by atoms with Crippen molar-refractivity contribution in [2.75, 3.05) is 4.90 Å². The summed E-state index contributed by atoms with van der Waals surface area (Å²) >= 11 is 0. The van der Waals surface area contributed by atoms with Crippen molar-refractivity contribution in [2.24, 2.45) is 0 Å². The van der Waals surface area contributed by atoms with Crippen molar-refractivity contribution in [3.63, 3.8) is 0 Å². The van der Waals surface area contributed by atoms with E-state index in [0.29, 0.717) is 0 Å². The lowest BCUT2D eigenvalue weighted by Crippen LogP contribution is -2.34. The number of hydrogen-bond donors (Lipinski definition) is 0.